The van der Waals surface area contributed by atoms with Gasteiger partial charge < -0.3 is 10.1 Å². The summed E-state index contributed by atoms with van der Waals surface area (Å²) in [6.45, 7) is 1.56. The third-order valence-corrected chi connectivity index (χ3v) is 5.05. The van der Waals surface area contributed by atoms with Crippen molar-refractivity contribution in [1.82, 2.24) is 5.32 Å². The Bertz CT molecular complexity index is 886. The number of hydrogen-bond donors (Lipinski definition) is 1. The topological polar surface area (TPSA) is 75.7 Å². The Morgan fingerprint density at radius 2 is 1.81 bits per heavy atom. The van der Waals surface area contributed by atoms with E-state index in [4.69, 9.17) is 4.74 Å². The van der Waals surface area contributed by atoms with E-state index in [9.17, 15) is 17.6 Å². The molecule has 2 aromatic rings. The van der Waals surface area contributed by atoms with Gasteiger partial charge in [0.05, 0.1) is 19.1 Å². The van der Waals surface area contributed by atoms with Crippen molar-refractivity contribution in [3.8, 4) is 5.75 Å². The molecular formula is C18H21FN2O4S. The first-order valence-corrected chi connectivity index (χ1v) is 9.74. The van der Waals surface area contributed by atoms with Crippen LogP contribution in [-0.2, 0) is 21.4 Å². The maximum atomic E-state index is 14.1. The Labute approximate surface area is 152 Å². The van der Waals surface area contributed by atoms with E-state index in [2.05, 4.69) is 5.32 Å². The number of nitrogens with zero attached hydrogens (tertiary/aromatic N) is 1. The van der Waals surface area contributed by atoms with Crippen LogP contribution in [0.2, 0.25) is 0 Å². The molecule has 0 fully saturated rings. The smallest absolute Gasteiger partial charge is 0.243 e. The molecule has 0 aliphatic carbocycles. The molecule has 0 aliphatic rings. The number of benzene rings is 2. The standard InChI is InChI=1S/C18H21FN2O4S/c1-13(18(22)20-12-14-8-4-7-11-17(14)25-2)21(26(3,23)24)16-10-6-5-9-15(16)19/h4-11,13H,12H2,1-3H3,(H,20,22)/t13-/m0/s1. The van der Waals surface area contributed by atoms with Gasteiger partial charge in [-0.3, -0.25) is 9.10 Å². The van der Waals surface area contributed by atoms with Crippen LogP contribution in [0, 0.1) is 5.82 Å². The van der Waals surface area contributed by atoms with Crippen molar-refractivity contribution in [2.24, 2.45) is 0 Å². The number of carbonyl (C=O) groups is 1. The average Bonchev–Trinajstić information content (AvgIpc) is 2.60. The lowest BCUT2D eigenvalue weighted by Gasteiger charge is -2.28. The zero-order valence-electron chi connectivity index (χ0n) is 14.8. The average molecular weight is 380 g/mol. The van der Waals surface area contributed by atoms with Crippen LogP contribution in [0.25, 0.3) is 0 Å². The van der Waals surface area contributed by atoms with E-state index >= 15 is 0 Å². The van der Waals surface area contributed by atoms with Crippen LogP contribution in [0.5, 0.6) is 5.75 Å². The summed E-state index contributed by atoms with van der Waals surface area (Å²) < 4.78 is 44.4. The molecule has 1 N–H and O–H groups in total. The highest BCUT2D eigenvalue weighted by Crippen LogP contribution is 2.24. The summed E-state index contributed by atoms with van der Waals surface area (Å²) in [5.74, 6) is -0.665. The fourth-order valence-electron chi connectivity index (χ4n) is 2.59. The van der Waals surface area contributed by atoms with Crippen LogP contribution in [0.15, 0.2) is 48.5 Å². The molecule has 8 heteroatoms. The zero-order chi connectivity index (χ0) is 19.3. The van der Waals surface area contributed by atoms with Crippen LogP contribution in [0.4, 0.5) is 10.1 Å². The van der Waals surface area contributed by atoms with Crippen molar-refractivity contribution in [1.29, 1.82) is 0 Å². The highest BCUT2D eigenvalue weighted by Gasteiger charge is 2.30. The third kappa shape index (κ3) is 4.51. The Hall–Kier alpha value is -2.61. The van der Waals surface area contributed by atoms with Gasteiger partial charge in [0, 0.05) is 12.1 Å². The lowest BCUT2D eigenvalue weighted by molar-refractivity contribution is -0.122. The molecule has 1 amide bonds. The van der Waals surface area contributed by atoms with E-state index in [1.54, 1.807) is 24.3 Å². The molecule has 0 unspecified atom stereocenters. The zero-order valence-corrected chi connectivity index (χ0v) is 15.6. The number of methoxy groups -OCH3 is 1. The third-order valence-electron chi connectivity index (χ3n) is 3.82. The Morgan fingerprint density at radius 3 is 2.42 bits per heavy atom. The summed E-state index contributed by atoms with van der Waals surface area (Å²) >= 11 is 0. The molecule has 0 radical (unpaired) electrons. The number of ether oxygens (including phenoxy) is 1. The highest BCUT2D eigenvalue weighted by molar-refractivity contribution is 7.92. The largest absolute Gasteiger partial charge is 0.496 e. The predicted molar refractivity (Wildman–Crippen MR) is 98.0 cm³/mol. The molecule has 0 spiro atoms. The van der Waals surface area contributed by atoms with E-state index in [1.165, 1.54) is 32.2 Å². The molecule has 6 nitrogen and oxygen atoms in total. The van der Waals surface area contributed by atoms with Gasteiger partial charge in [-0.25, -0.2) is 12.8 Å². The van der Waals surface area contributed by atoms with Gasteiger partial charge in [-0.05, 0) is 25.1 Å². The minimum absolute atomic E-state index is 0.155. The number of hydrogen-bond acceptors (Lipinski definition) is 4. The summed E-state index contributed by atoms with van der Waals surface area (Å²) in [5, 5.41) is 2.67. The van der Waals surface area contributed by atoms with Crippen LogP contribution in [-0.4, -0.2) is 33.7 Å². The molecule has 0 heterocycles. The number of amides is 1. The summed E-state index contributed by atoms with van der Waals surface area (Å²) in [5.41, 5.74) is 0.572. The minimum Gasteiger partial charge on any atom is -0.496 e. The monoisotopic (exact) mass is 380 g/mol. The van der Waals surface area contributed by atoms with Crippen LogP contribution in [0.1, 0.15) is 12.5 Å². The number of rotatable bonds is 7. The molecule has 0 saturated carbocycles. The molecular weight excluding hydrogens is 359 g/mol. The number of anilines is 1. The Balaban J connectivity index is 2.22. The van der Waals surface area contributed by atoms with E-state index < -0.39 is 27.8 Å². The lowest BCUT2D eigenvalue weighted by atomic mass is 10.2. The first-order valence-electron chi connectivity index (χ1n) is 7.89. The molecule has 2 aromatic carbocycles. The number of halogens is 1. The van der Waals surface area contributed by atoms with Crippen molar-refractivity contribution in [3.63, 3.8) is 0 Å². The van der Waals surface area contributed by atoms with Gasteiger partial charge >= 0.3 is 0 Å². The fourth-order valence-corrected chi connectivity index (χ4v) is 3.77. The maximum Gasteiger partial charge on any atom is 0.243 e. The molecule has 0 saturated heterocycles. The quantitative estimate of drug-likeness (QED) is 0.800. The van der Waals surface area contributed by atoms with Gasteiger partial charge in [-0.1, -0.05) is 30.3 Å². The first kappa shape index (κ1) is 19.7. The molecule has 26 heavy (non-hydrogen) atoms. The van der Waals surface area contributed by atoms with Gasteiger partial charge in [-0.2, -0.15) is 0 Å². The second-order valence-corrected chi connectivity index (χ2v) is 7.58. The SMILES string of the molecule is COc1ccccc1CNC(=O)[C@H](C)N(c1ccccc1F)S(C)(=O)=O. The number of nitrogens with one attached hydrogen (secondary N) is 1. The van der Waals surface area contributed by atoms with Crippen LogP contribution >= 0.6 is 0 Å². The van der Waals surface area contributed by atoms with Crippen molar-refractivity contribution in [2.75, 3.05) is 17.7 Å². The van der Waals surface area contributed by atoms with Gasteiger partial charge in [0.1, 0.15) is 17.6 Å². The van der Waals surface area contributed by atoms with Crippen molar-refractivity contribution in [2.45, 2.75) is 19.5 Å². The number of sulfonamides is 1. The molecule has 0 bridgehead atoms. The van der Waals surface area contributed by atoms with Crippen molar-refractivity contribution < 1.29 is 22.3 Å². The van der Waals surface area contributed by atoms with E-state index in [-0.39, 0.29) is 12.2 Å². The van der Waals surface area contributed by atoms with E-state index in [1.807, 2.05) is 0 Å². The normalized spacial score (nSPS) is 12.3. The molecule has 0 aliphatic heterocycles. The number of para-hydroxylation sites is 2. The van der Waals surface area contributed by atoms with Gasteiger partial charge in [0.25, 0.3) is 0 Å². The van der Waals surface area contributed by atoms with Gasteiger partial charge in [0.15, 0.2) is 0 Å². The second-order valence-electron chi connectivity index (χ2n) is 5.72. The minimum atomic E-state index is -3.87. The van der Waals surface area contributed by atoms with E-state index in [0.717, 1.165) is 22.2 Å². The Morgan fingerprint density at radius 1 is 1.19 bits per heavy atom. The first-order chi connectivity index (χ1) is 12.3. The summed E-state index contributed by atoms with van der Waals surface area (Å²) in [6, 6.07) is 11.4. The lowest BCUT2D eigenvalue weighted by Crippen LogP contribution is -2.48. The second kappa shape index (κ2) is 8.18. The van der Waals surface area contributed by atoms with Gasteiger partial charge in [0.2, 0.25) is 15.9 Å². The van der Waals surface area contributed by atoms with Crippen molar-refractivity contribution >= 4 is 21.6 Å². The van der Waals surface area contributed by atoms with E-state index in [0.29, 0.717) is 5.75 Å². The maximum absolute atomic E-state index is 14.1. The summed E-state index contributed by atoms with van der Waals surface area (Å²) in [7, 11) is -2.35. The Kier molecular flexibility index (Phi) is 6.20. The highest BCUT2D eigenvalue weighted by atomic mass is 32.2. The fraction of sp³-hybridized carbons (Fsp3) is 0.278. The molecule has 0 aromatic heterocycles. The molecule has 140 valence electrons. The van der Waals surface area contributed by atoms with Crippen LogP contribution < -0.4 is 14.4 Å². The molecule has 2 rings (SSSR count). The van der Waals surface area contributed by atoms with Crippen molar-refractivity contribution in [3.05, 3.63) is 59.9 Å². The van der Waals surface area contributed by atoms with Gasteiger partial charge in [-0.15, -0.1) is 0 Å². The number of carbonyl (C=O) groups excluding carboxylic acids is 1. The summed E-state index contributed by atoms with van der Waals surface area (Å²) in [6.07, 6.45) is 0.934. The predicted octanol–water partition coefficient (Wildman–Crippen LogP) is 2.31. The molecule has 1 atom stereocenters. The summed E-state index contributed by atoms with van der Waals surface area (Å²) in [4.78, 5) is 12.5. The van der Waals surface area contributed by atoms with Crippen LogP contribution in [0.3, 0.4) is 0 Å².